The summed E-state index contributed by atoms with van der Waals surface area (Å²) in [7, 11) is -2.49. The molecule has 0 spiro atoms. The molecule has 0 fully saturated rings. The number of nitrogens with zero attached hydrogens (tertiary/aromatic N) is 2. The van der Waals surface area contributed by atoms with Gasteiger partial charge >= 0.3 is 0 Å². The maximum absolute atomic E-state index is 13.7. The van der Waals surface area contributed by atoms with Crippen molar-refractivity contribution < 1.29 is 22.7 Å². The molecule has 192 valence electrons. The second-order valence-electron chi connectivity index (χ2n) is 8.31. The third-order valence-corrected chi connectivity index (χ3v) is 6.82. The molecule has 0 heterocycles. The van der Waals surface area contributed by atoms with E-state index in [0.717, 1.165) is 28.1 Å². The fourth-order valence-electron chi connectivity index (χ4n) is 3.75. The van der Waals surface area contributed by atoms with E-state index in [1.165, 1.54) is 24.1 Å². The van der Waals surface area contributed by atoms with Gasteiger partial charge in [0.15, 0.2) is 0 Å². The lowest BCUT2D eigenvalue weighted by Crippen LogP contribution is -2.52. The first kappa shape index (κ1) is 28.5. The minimum Gasteiger partial charge on any atom is -0.495 e. The maximum Gasteiger partial charge on any atom is 0.244 e. The van der Waals surface area contributed by atoms with Gasteiger partial charge in [0.05, 0.1) is 19.1 Å². The Morgan fingerprint density at radius 1 is 1.14 bits per heavy atom. The molecule has 2 amide bonds. The molecular formula is C25H34ClN3O5S. The van der Waals surface area contributed by atoms with Crippen molar-refractivity contribution in [1.82, 2.24) is 10.2 Å². The van der Waals surface area contributed by atoms with Gasteiger partial charge in [0.1, 0.15) is 18.3 Å². The van der Waals surface area contributed by atoms with Crippen LogP contribution in [0.15, 0.2) is 42.5 Å². The van der Waals surface area contributed by atoms with Crippen LogP contribution in [0.25, 0.3) is 0 Å². The number of benzene rings is 2. The van der Waals surface area contributed by atoms with Crippen LogP contribution in [0.5, 0.6) is 5.75 Å². The van der Waals surface area contributed by atoms with Crippen LogP contribution in [0.3, 0.4) is 0 Å². The molecule has 2 aromatic rings. The molecule has 0 aromatic heterocycles. The molecule has 0 saturated heterocycles. The number of anilines is 1. The Morgan fingerprint density at radius 2 is 1.86 bits per heavy atom. The predicted octanol–water partition coefficient (Wildman–Crippen LogP) is 3.76. The summed E-state index contributed by atoms with van der Waals surface area (Å²) in [5.74, 6) is -0.537. The summed E-state index contributed by atoms with van der Waals surface area (Å²) in [5.41, 5.74) is 2.00. The maximum atomic E-state index is 13.7. The van der Waals surface area contributed by atoms with Gasteiger partial charge in [-0.1, -0.05) is 55.3 Å². The Kier molecular flexibility index (Phi) is 10.4. The second-order valence-corrected chi connectivity index (χ2v) is 10.7. The summed E-state index contributed by atoms with van der Waals surface area (Å²) >= 11 is 6.13. The lowest BCUT2D eigenvalue weighted by atomic mass is 10.1. The van der Waals surface area contributed by atoms with Crippen molar-refractivity contribution in [1.29, 1.82) is 0 Å². The van der Waals surface area contributed by atoms with Crippen LogP contribution in [0.2, 0.25) is 5.02 Å². The van der Waals surface area contributed by atoms with Gasteiger partial charge in [-0.05, 0) is 43.5 Å². The molecule has 0 aliphatic rings. The lowest BCUT2D eigenvalue weighted by molar-refractivity contribution is -0.140. The van der Waals surface area contributed by atoms with Crippen molar-refractivity contribution in [2.45, 2.75) is 46.2 Å². The molecule has 1 atom stereocenters. The number of hydrogen-bond acceptors (Lipinski definition) is 5. The van der Waals surface area contributed by atoms with E-state index in [-0.39, 0.29) is 23.9 Å². The molecule has 35 heavy (non-hydrogen) atoms. The number of methoxy groups -OCH3 is 1. The number of hydrogen-bond donors (Lipinski definition) is 1. The van der Waals surface area contributed by atoms with Gasteiger partial charge in [-0.2, -0.15) is 0 Å². The van der Waals surface area contributed by atoms with E-state index >= 15 is 0 Å². The highest BCUT2D eigenvalue weighted by molar-refractivity contribution is 7.92. The Hall–Kier alpha value is -2.78. The highest BCUT2D eigenvalue weighted by Gasteiger charge is 2.32. The molecule has 0 saturated carbocycles. The van der Waals surface area contributed by atoms with Gasteiger partial charge < -0.3 is 15.0 Å². The first-order chi connectivity index (χ1) is 16.5. The third-order valence-electron chi connectivity index (χ3n) is 5.46. The summed E-state index contributed by atoms with van der Waals surface area (Å²) in [6.07, 6.45) is 2.13. The fraction of sp³-hybridized carbons (Fsp3) is 0.440. The van der Waals surface area contributed by atoms with Crippen molar-refractivity contribution >= 4 is 39.1 Å². The van der Waals surface area contributed by atoms with Crippen LogP contribution in [0.1, 0.15) is 37.8 Å². The minimum atomic E-state index is -3.90. The van der Waals surface area contributed by atoms with Gasteiger partial charge in [-0.25, -0.2) is 8.42 Å². The number of rotatable bonds is 12. The Balaban J connectivity index is 2.50. The standard InChI is InChI=1S/C25H34ClN3O5S/c1-6-13-27-25(31)21(7-2)28(16-19-10-8-9-18(3)14-19)24(30)17-29(35(5,32)33)22-15-20(26)11-12-23(22)34-4/h8-12,14-15,21H,6-7,13,16-17H2,1-5H3,(H,27,31)/t21-/m0/s1. The van der Waals surface area contributed by atoms with Crippen LogP contribution in [-0.4, -0.2) is 57.6 Å². The lowest BCUT2D eigenvalue weighted by Gasteiger charge is -2.33. The molecule has 1 N–H and O–H groups in total. The highest BCUT2D eigenvalue weighted by Crippen LogP contribution is 2.33. The van der Waals surface area contributed by atoms with Gasteiger partial charge in [-0.3, -0.25) is 13.9 Å². The van der Waals surface area contributed by atoms with E-state index in [4.69, 9.17) is 16.3 Å². The average molecular weight is 524 g/mol. The highest BCUT2D eigenvalue weighted by atomic mass is 35.5. The van der Waals surface area contributed by atoms with Crippen molar-refractivity contribution in [2.75, 3.05) is 30.8 Å². The molecule has 0 aliphatic heterocycles. The van der Waals surface area contributed by atoms with E-state index in [1.807, 2.05) is 45.0 Å². The molecular weight excluding hydrogens is 490 g/mol. The molecule has 0 bridgehead atoms. The topological polar surface area (TPSA) is 96.0 Å². The third kappa shape index (κ3) is 7.86. The molecule has 0 aliphatic carbocycles. The predicted molar refractivity (Wildman–Crippen MR) is 139 cm³/mol. The van der Waals surface area contributed by atoms with E-state index in [1.54, 1.807) is 6.07 Å². The first-order valence-electron chi connectivity index (χ1n) is 11.5. The normalized spacial score (nSPS) is 12.1. The molecule has 2 rings (SSSR count). The van der Waals surface area contributed by atoms with Crippen LogP contribution in [0.4, 0.5) is 5.69 Å². The fourth-order valence-corrected chi connectivity index (χ4v) is 4.76. The van der Waals surface area contributed by atoms with Crippen LogP contribution in [-0.2, 0) is 26.2 Å². The summed E-state index contributed by atoms with van der Waals surface area (Å²) in [5, 5.41) is 3.15. The number of carbonyl (C=O) groups is 2. The second kappa shape index (κ2) is 12.8. The number of nitrogens with one attached hydrogen (secondary N) is 1. The number of sulfonamides is 1. The number of ether oxygens (including phenoxy) is 1. The van der Waals surface area contributed by atoms with Crippen LogP contribution >= 0.6 is 11.6 Å². The number of halogens is 1. The van der Waals surface area contributed by atoms with Crippen LogP contribution < -0.4 is 14.4 Å². The van der Waals surface area contributed by atoms with Crippen molar-refractivity contribution in [3.05, 3.63) is 58.6 Å². The zero-order chi connectivity index (χ0) is 26.2. The van der Waals surface area contributed by atoms with Gasteiger partial charge in [0.2, 0.25) is 21.8 Å². The van der Waals surface area contributed by atoms with E-state index in [2.05, 4.69) is 5.32 Å². The minimum absolute atomic E-state index is 0.148. The number of carbonyl (C=O) groups excluding carboxylic acids is 2. The molecule has 10 heteroatoms. The largest absolute Gasteiger partial charge is 0.495 e. The van der Waals surface area contributed by atoms with Crippen molar-refractivity contribution in [3.8, 4) is 5.75 Å². The van der Waals surface area contributed by atoms with Crippen molar-refractivity contribution in [2.24, 2.45) is 0 Å². The van der Waals surface area contributed by atoms with Crippen LogP contribution in [0, 0.1) is 6.92 Å². The summed E-state index contributed by atoms with van der Waals surface area (Å²) < 4.78 is 31.8. The number of aryl methyl sites for hydroxylation is 1. The Bertz CT molecular complexity index is 1140. The smallest absolute Gasteiger partial charge is 0.244 e. The molecule has 0 radical (unpaired) electrons. The first-order valence-corrected chi connectivity index (χ1v) is 13.7. The quantitative estimate of drug-likeness (QED) is 0.457. The Morgan fingerprint density at radius 3 is 2.43 bits per heavy atom. The van der Waals surface area contributed by atoms with Gasteiger partial charge in [-0.15, -0.1) is 0 Å². The number of amides is 2. The summed E-state index contributed by atoms with van der Waals surface area (Å²) in [6.45, 7) is 5.83. The van der Waals surface area contributed by atoms with E-state index < -0.39 is 28.5 Å². The summed E-state index contributed by atoms with van der Waals surface area (Å²) in [6, 6.07) is 11.4. The summed E-state index contributed by atoms with van der Waals surface area (Å²) in [4.78, 5) is 28.1. The zero-order valence-corrected chi connectivity index (χ0v) is 22.4. The van der Waals surface area contributed by atoms with Gasteiger partial charge in [0, 0.05) is 18.1 Å². The molecule has 2 aromatic carbocycles. The monoisotopic (exact) mass is 523 g/mol. The Labute approximate surface area is 213 Å². The SMILES string of the molecule is CCCNC(=O)[C@H](CC)N(Cc1cccc(C)c1)C(=O)CN(c1cc(Cl)ccc1OC)S(C)(=O)=O. The molecule has 0 unspecified atom stereocenters. The van der Waals surface area contributed by atoms with E-state index in [9.17, 15) is 18.0 Å². The van der Waals surface area contributed by atoms with Gasteiger partial charge in [0.25, 0.3) is 0 Å². The zero-order valence-electron chi connectivity index (χ0n) is 20.9. The molecule has 8 nitrogen and oxygen atoms in total. The van der Waals surface area contributed by atoms with Crippen molar-refractivity contribution in [3.63, 3.8) is 0 Å². The van der Waals surface area contributed by atoms with E-state index in [0.29, 0.717) is 18.0 Å². The average Bonchev–Trinajstić information content (AvgIpc) is 2.80.